The van der Waals surface area contributed by atoms with E-state index < -0.39 is 21.0 Å². The maximum absolute atomic E-state index is 12.6. The van der Waals surface area contributed by atoms with E-state index in [9.17, 15) is 21.6 Å². The van der Waals surface area contributed by atoms with E-state index in [0.717, 1.165) is 17.3 Å². The highest BCUT2D eigenvalue weighted by Crippen LogP contribution is 2.58. The number of alkyl halides is 4. The van der Waals surface area contributed by atoms with Gasteiger partial charge in [0.25, 0.3) is 0 Å². The third-order valence-corrected chi connectivity index (χ3v) is 7.51. The lowest BCUT2D eigenvalue weighted by molar-refractivity contribution is -0.0540. The van der Waals surface area contributed by atoms with E-state index in [1.807, 2.05) is 6.92 Å². The standard InChI is InChI=1S/C14H20F3IO3S/c1-9(8-18)10-6-7-13(2)11(10)4-3-5-12(13)21-22(19,20)14(15,16)17/h5,9-11H,3-4,6-8H2,1-2H3/t9-,10+,11-,13-/m1/s1. The van der Waals surface area contributed by atoms with Crippen LogP contribution in [0.2, 0.25) is 0 Å². The molecule has 0 aliphatic heterocycles. The summed E-state index contributed by atoms with van der Waals surface area (Å²) in [5.41, 5.74) is -5.99. The first-order chi connectivity index (χ1) is 10.0. The summed E-state index contributed by atoms with van der Waals surface area (Å²) in [6.07, 6.45) is 4.53. The summed E-state index contributed by atoms with van der Waals surface area (Å²) in [4.78, 5) is 0. The molecule has 0 spiro atoms. The molecular formula is C14H20F3IO3S. The van der Waals surface area contributed by atoms with Crippen LogP contribution in [0, 0.1) is 23.2 Å². The fourth-order valence-electron chi connectivity index (χ4n) is 3.88. The summed E-state index contributed by atoms with van der Waals surface area (Å²) >= 11 is 2.32. The number of fused-ring (bicyclic) bond motifs is 1. The fraction of sp³-hybridized carbons (Fsp3) is 0.857. The van der Waals surface area contributed by atoms with Gasteiger partial charge in [0.05, 0.1) is 0 Å². The van der Waals surface area contributed by atoms with Crippen LogP contribution < -0.4 is 0 Å². The molecule has 8 heteroatoms. The van der Waals surface area contributed by atoms with Crippen LogP contribution in [-0.4, -0.2) is 18.4 Å². The minimum Gasteiger partial charge on any atom is -0.380 e. The van der Waals surface area contributed by atoms with E-state index in [0.29, 0.717) is 24.7 Å². The highest BCUT2D eigenvalue weighted by Gasteiger charge is 2.55. The Labute approximate surface area is 142 Å². The Morgan fingerprint density at radius 2 is 2.09 bits per heavy atom. The van der Waals surface area contributed by atoms with Gasteiger partial charge < -0.3 is 4.18 Å². The fourth-order valence-corrected chi connectivity index (χ4v) is 5.12. The van der Waals surface area contributed by atoms with Gasteiger partial charge in [-0.1, -0.05) is 36.4 Å². The largest absolute Gasteiger partial charge is 0.534 e. The molecule has 2 aliphatic rings. The second-order valence-corrected chi connectivity index (χ2v) is 8.91. The van der Waals surface area contributed by atoms with E-state index in [2.05, 4.69) is 33.7 Å². The quantitative estimate of drug-likeness (QED) is 0.270. The predicted octanol–water partition coefficient (Wildman–Crippen LogP) is 4.63. The first-order valence-corrected chi connectivity index (χ1v) is 10.2. The molecule has 0 aromatic carbocycles. The molecule has 1 fully saturated rings. The first-order valence-electron chi connectivity index (χ1n) is 7.30. The molecule has 4 atom stereocenters. The lowest BCUT2D eigenvalue weighted by Crippen LogP contribution is -2.36. The zero-order chi connectivity index (χ0) is 16.8. The van der Waals surface area contributed by atoms with E-state index in [1.54, 1.807) is 0 Å². The third-order valence-electron chi connectivity index (χ3n) is 5.16. The van der Waals surface area contributed by atoms with E-state index in [-0.39, 0.29) is 11.7 Å². The Bertz CT molecular complexity index is 558. The zero-order valence-electron chi connectivity index (χ0n) is 12.5. The van der Waals surface area contributed by atoms with Crippen molar-refractivity contribution >= 4 is 32.7 Å². The molecule has 3 nitrogen and oxygen atoms in total. The lowest BCUT2D eigenvalue weighted by atomic mass is 9.68. The van der Waals surface area contributed by atoms with Crippen molar-refractivity contribution < 1.29 is 25.8 Å². The summed E-state index contributed by atoms with van der Waals surface area (Å²) in [5.74, 6) is 1.04. The van der Waals surface area contributed by atoms with Gasteiger partial charge in [-0.2, -0.15) is 21.6 Å². The highest BCUT2D eigenvalue weighted by atomic mass is 127. The van der Waals surface area contributed by atoms with Crippen LogP contribution in [0.25, 0.3) is 0 Å². The average molecular weight is 452 g/mol. The number of rotatable bonds is 4. The van der Waals surface area contributed by atoms with Gasteiger partial charge in [-0.3, -0.25) is 0 Å². The van der Waals surface area contributed by atoms with Crippen LogP contribution in [0.4, 0.5) is 13.2 Å². The van der Waals surface area contributed by atoms with Crippen molar-refractivity contribution in [3.8, 4) is 0 Å². The molecular weight excluding hydrogens is 432 g/mol. The average Bonchev–Trinajstić information content (AvgIpc) is 2.75. The summed E-state index contributed by atoms with van der Waals surface area (Å²) < 4.78 is 65.9. The number of hydrogen-bond acceptors (Lipinski definition) is 3. The predicted molar refractivity (Wildman–Crippen MR) is 85.7 cm³/mol. The summed E-state index contributed by atoms with van der Waals surface area (Å²) in [6, 6.07) is 0. The third kappa shape index (κ3) is 3.14. The molecule has 0 aromatic rings. The summed E-state index contributed by atoms with van der Waals surface area (Å²) in [6.45, 7) is 3.99. The molecule has 0 radical (unpaired) electrons. The normalized spacial score (nSPS) is 34.0. The molecule has 0 N–H and O–H groups in total. The number of hydrogen-bond donors (Lipinski definition) is 0. The Morgan fingerprint density at radius 1 is 1.45 bits per heavy atom. The molecule has 2 rings (SSSR count). The van der Waals surface area contributed by atoms with Crippen molar-refractivity contribution in [1.29, 1.82) is 0 Å². The van der Waals surface area contributed by atoms with Gasteiger partial charge in [0.1, 0.15) is 5.76 Å². The van der Waals surface area contributed by atoms with Crippen LogP contribution >= 0.6 is 22.6 Å². The van der Waals surface area contributed by atoms with Gasteiger partial charge in [0.15, 0.2) is 0 Å². The Balaban J connectivity index is 2.27. The van der Waals surface area contributed by atoms with Gasteiger partial charge in [0, 0.05) is 9.84 Å². The number of allylic oxidation sites excluding steroid dienone is 2. The van der Waals surface area contributed by atoms with E-state index in [4.69, 9.17) is 0 Å². The summed E-state index contributed by atoms with van der Waals surface area (Å²) in [7, 11) is -5.59. The second-order valence-electron chi connectivity index (χ2n) is 6.49. The topological polar surface area (TPSA) is 43.4 Å². The minimum atomic E-state index is -5.59. The molecule has 128 valence electrons. The van der Waals surface area contributed by atoms with E-state index in [1.165, 1.54) is 6.08 Å². The van der Waals surface area contributed by atoms with Gasteiger partial charge in [-0.25, -0.2) is 0 Å². The molecule has 0 saturated heterocycles. The van der Waals surface area contributed by atoms with Crippen molar-refractivity contribution in [2.75, 3.05) is 4.43 Å². The Kier molecular flexibility index (Phi) is 5.12. The summed E-state index contributed by atoms with van der Waals surface area (Å²) in [5, 5.41) is 0. The van der Waals surface area contributed by atoms with Crippen molar-refractivity contribution in [2.24, 2.45) is 23.2 Å². The molecule has 1 saturated carbocycles. The Hall–Kier alpha value is 0.0100. The molecule has 0 heterocycles. The zero-order valence-corrected chi connectivity index (χ0v) is 15.5. The smallest absolute Gasteiger partial charge is 0.380 e. The van der Waals surface area contributed by atoms with Crippen molar-refractivity contribution in [3.63, 3.8) is 0 Å². The number of halogens is 4. The first kappa shape index (κ1) is 18.4. The molecule has 0 unspecified atom stereocenters. The van der Waals surface area contributed by atoms with Crippen LogP contribution in [0.1, 0.15) is 39.5 Å². The highest BCUT2D eigenvalue weighted by molar-refractivity contribution is 14.1. The maximum Gasteiger partial charge on any atom is 0.534 e. The van der Waals surface area contributed by atoms with Gasteiger partial charge in [-0.05, 0) is 49.5 Å². The molecule has 0 bridgehead atoms. The lowest BCUT2D eigenvalue weighted by Gasteiger charge is -2.39. The monoisotopic (exact) mass is 452 g/mol. The minimum absolute atomic E-state index is 0.00997. The maximum atomic E-state index is 12.6. The van der Waals surface area contributed by atoms with Gasteiger partial charge in [-0.15, -0.1) is 0 Å². The van der Waals surface area contributed by atoms with Crippen LogP contribution in [0.5, 0.6) is 0 Å². The van der Waals surface area contributed by atoms with Gasteiger partial charge >= 0.3 is 15.6 Å². The van der Waals surface area contributed by atoms with Crippen LogP contribution in [0.15, 0.2) is 11.8 Å². The van der Waals surface area contributed by atoms with Gasteiger partial charge in [0.2, 0.25) is 0 Å². The second kappa shape index (κ2) is 6.14. The van der Waals surface area contributed by atoms with Crippen LogP contribution in [0.3, 0.4) is 0 Å². The molecule has 22 heavy (non-hydrogen) atoms. The van der Waals surface area contributed by atoms with Crippen molar-refractivity contribution in [2.45, 2.75) is 45.0 Å². The molecule has 0 amide bonds. The molecule has 2 aliphatic carbocycles. The van der Waals surface area contributed by atoms with Crippen molar-refractivity contribution in [3.05, 3.63) is 11.8 Å². The molecule has 0 aromatic heterocycles. The SMILES string of the molecule is C[C@H](CI)[C@@H]1CC[C@@]2(C)C(OS(=O)(=O)C(F)(F)F)=CCC[C@H]12. The van der Waals surface area contributed by atoms with Crippen LogP contribution in [-0.2, 0) is 14.3 Å². The van der Waals surface area contributed by atoms with Crippen molar-refractivity contribution in [1.82, 2.24) is 0 Å². The Morgan fingerprint density at radius 3 is 2.64 bits per heavy atom. The van der Waals surface area contributed by atoms with E-state index >= 15 is 0 Å².